The number of aliphatic hydroxyl groups is 1. The summed E-state index contributed by atoms with van der Waals surface area (Å²) in [4.78, 5) is 1.17. The molecule has 0 bridgehead atoms. The molecule has 1 aromatic rings. The topological polar surface area (TPSA) is 46.2 Å². The van der Waals surface area contributed by atoms with Crippen LogP contribution in [0.5, 0.6) is 0 Å². The Morgan fingerprint density at radius 2 is 2.15 bits per heavy atom. The summed E-state index contributed by atoms with van der Waals surface area (Å²) in [5.74, 6) is 0. The largest absolute Gasteiger partial charge is 0.391 e. The zero-order valence-electron chi connectivity index (χ0n) is 7.90. The summed E-state index contributed by atoms with van der Waals surface area (Å²) in [5, 5.41) is 9.31. The van der Waals surface area contributed by atoms with Gasteiger partial charge >= 0.3 is 0 Å². The highest BCUT2D eigenvalue weighted by molar-refractivity contribution is 7.98. The summed E-state index contributed by atoms with van der Waals surface area (Å²) in [6.45, 7) is 1.70. The zero-order chi connectivity index (χ0) is 9.84. The molecule has 13 heavy (non-hydrogen) atoms. The SMILES string of the molecule is CSc1cccc([C@H](N)[C@H](C)O)c1. The van der Waals surface area contributed by atoms with Gasteiger partial charge in [-0.15, -0.1) is 11.8 Å². The predicted molar refractivity (Wildman–Crippen MR) is 56.8 cm³/mol. The molecule has 0 saturated heterocycles. The number of hydrogen-bond donors (Lipinski definition) is 2. The van der Waals surface area contributed by atoms with Gasteiger partial charge in [0, 0.05) is 4.90 Å². The van der Waals surface area contributed by atoms with Crippen molar-refractivity contribution in [2.75, 3.05) is 6.26 Å². The minimum atomic E-state index is -0.503. The monoisotopic (exact) mass is 197 g/mol. The van der Waals surface area contributed by atoms with Gasteiger partial charge in [-0.05, 0) is 30.9 Å². The van der Waals surface area contributed by atoms with Crippen molar-refractivity contribution in [1.82, 2.24) is 0 Å². The van der Waals surface area contributed by atoms with E-state index in [9.17, 15) is 5.11 Å². The fraction of sp³-hybridized carbons (Fsp3) is 0.400. The van der Waals surface area contributed by atoms with Crippen LogP contribution in [0.3, 0.4) is 0 Å². The Hall–Kier alpha value is -0.510. The van der Waals surface area contributed by atoms with Gasteiger partial charge < -0.3 is 10.8 Å². The molecule has 0 unspecified atom stereocenters. The highest BCUT2D eigenvalue weighted by Gasteiger charge is 2.11. The van der Waals surface area contributed by atoms with E-state index in [1.807, 2.05) is 30.5 Å². The lowest BCUT2D eigenvalue weighted by molar-refractivity contribution is 0.164. The molecule has 0 heterocycles. The van der Waals surface area contributed by atoms with Crippen LogP contribution in [-0.2, 0) is 0 Å². The van der Waals surface area contributed by atoms with E-state index >= 15 is 0 Å². The van der Waals surface area contributed by atoms with E-state index in [0.29, 0.717) is 0 Å². The lowest BCUT2D eigenvalue weighted by Crippen LogP contribution is -2.23. The second kappa shape index (κ2) is 4.65. The van der Waals surface area contributed by atoms with Gasteiger partial charge in [-0.2, -0.15) is 0 Å². The van der Waals surface area contributed by atoms with Crippen molar-refractivity contribution in [3.05, 3.63) is 29.8 Å². The van der Waals surface area contributed by atoms with Gasteiger partial charge in [0.05, 0.1) is 12.1 Å². The van der Waals surface area contributed by atoms with Crippen LogP contribution in [0, 0.1) is 0 Å². The molecule has 1 rings (SSSR count). The summed E-state index contributed by atoms with van der Waals surface area (Å²) < 4.78 is 0. The van der Waals surface area contributed by atoms with E-state index < -0.39 is 6.10 Å². The third-order valence-corrected chi connectivity index (χ3v) is 2.72. The third-order valence-electron chi connectivity index (χ3n) is 2.00. The normalized spacial score (nSPS) is 15.4. The van der Waals surface area contributed by atoms with Crippen LogP contribution in [0.4, 0.5) is 0 Å². The fourth-order valence-electron chi connectivity index (χ4n) is 1.13. The Bertz CT molecular complexity index is 275. The maximum Gasteiger partial charge on any atom is 0.0704 e. The van der Waals surface area contributed by atoms with Crippen LogP contribution in [0.2, 0.25) is 0 Å². The molecule has 3 N–H and O–H groups in total. The van der Waals surface area contributed by atoms with Crippen molar-refractivity contribution in [2.24, 2.45) is 5.73 Å². The Morgan fingerprint density at radius 3 is 2.69 bits per heavy atom. The van der Waals surface area contributed by atoms with Crippen molar-refractivity contribution >= 4 is 11.8 Å². The van der Waals surface area contributed by atoms with Crippen molar-refractivity contribution in [3.63, 3.8) is 0 Å². The first kappa shape index (κ1) is 10.6. The van der Waals surface area contributed by atoms with E-state index in [2.05, 4.69) is 0 Å². The molecule has 0 aliphatic carbocycles. The van der Waals surface area contributed by atoms with Crippen LogP contribution in [-0.4, -0.2) is 17.5 Å². The molecule has 72 valence electrons. The molecule has 3 heteroatoms. The first-order valence-corrected chi connectivity index (χ1v) is 5.45. The van der Waals surface area contributed by atoms with Gasteiger partial charge in [0.2, 0.25) is 0 Å². The quantitative estimate of drug-likeness (QED) is 0.726. The minimum absolute atomic E-state index is 0.285. The summed E-state index contributed by atoms with van der Waals surface area (Å²) in [7, 11) is 0. The summed E-state index contributed by atoms with van der Waals surface area (Å²) >= 11 is 1.67. The molecular formula is C10H15NOS. The Balaban J connectivity index is 2.88. The van der Waals surface area contributed by atoms with Crippen molar-refractivity contribution < 1.29 is 5.11 Å². The Labute approximate surface area is 83.1 Å². The maximum atomic E-state index is 9.31. The number of aliphatic hydroxyl groups excluding tert-OH is 1. The van der Waals surface area contributed by atoms with E-state index in [4.69, 9.17) is 5.73 Å². The van der Waals surface area contributed by atoms with Crippen molar-refractivity contribution in [1.29, 1.82) is 0 Å². The summed E-state index contributed by atoms with van der Waals surface area (Å²) in [6.07, 6.45) is 1.52. The molecule has 0 amide bonds. The van der Waals surface area contributed by atoms with Gasteiger partial charge in [0.15, 0.2) is 0 Å². The van der Waals surface area contributed by atoms with Crippen molar-refractivity contribution in [2.45, 2.75) is 24.0 Å². The third kappa shape index (κ3) is 2.72. The zero-order valence-corrected chi connectivity index (χ0v) is 8.71. The summed E-state index contributed by atoms with van der Waals surface area (Å²) in [6, 6.07) is 7.66. The molecule has 2 atom stereocenters. The number of hydrogen-bond acceptors (Lipinski definition) is 3. The smallest absolute Gasteiger partial charge is 0.0704 e. The number of nitrogens with two attached hydrogens (primary N) is 1. The second-order valence-corrected chi connectivity index (χ2v) is 3.92. The van der Waals surface area contributed by atoms with E-state index in [1.165, 1.54) is 4.90 Å². The first-order chi connectivity index (χ1) is 6.15. The molecule has 2 nitrogen and oxygen atoms in total. The van der Waals surface area contributed by atoms with E-state index in [1.54, 1.807) is 18.7 Å². The first-order valence-electron chi connectivity index (χ1n) is 4.22. The van der Waals surface area contributed by atoms with E-state index in [0.717, 1.165) is 5.56 Å². The van der Waals surface area contributed by atoms with E-state index in [-0.39, 0.29) is 6.04 Å². The average molecular weight is 197 g/mol. The van der Waals surface area contributed by atoms with Gasteiger partial charge in [0.25, 0.3) is 0 Å². The maximum absolute atomic E-state index is 9.31. The van der Waals surface area contributed by atoms with Gasteiger partial charge in [0.1, 0.15) is 0 Å². The lowest BCUT2D eigenvalue weighted by Gasteiger charge is -2.15. The Kier molecular flexibility index (Phi) is 3.78. The summed E-state index contributed by atoms with van der Waals surface area (Å²) in [5.41, 5.74) is 6.79. The van der Waals surface area contributed by atoms with Crippen LogP contribution in [0.15, 0.2) is 29.2 Å². The Morgan fingerprint density at radius 1 is 1.46 bits per heavy atom. The molecule has 0 aliphatic rings. The number of benzene rings is 1. The van der Waals surface area contributed by atoms with Gasteiger partial charge in [-0.3, -0.25) is 0 Å². The van der Waals surface area contributed by atoms with Gasteiger partial charge in [-0.25, -0.2) is 0 Å². The highest BCUT2D eigenvalue weighted by atomic mass is 32.2. The molecule has 1 aromatic carbocycles. The fourth-order valence-corrected chi connectivity index (χ4v) is 1.60. The molecule has 0 radical (unpaired) electrons. The molecule has 0 spiro atoms. The molecule has 0 saturated carbocycles. The lowest BCUT2D eigenvalue weighted by atomic mass is 10.0. The number of rotatable bonds is 3. The van der Waals surface area contributed by atoms with Crippen LogP contribution >= 0.6 is 11.8 Å². The van der Waals surface area contributed by atoms with Crippen LogP contribution in [0.1, 0.15) is 18.5 Å². The van der Waals surface area contributed by atoms with Crippen LogP contribution in [0.25, 0.3) is 0 Å². The van der Waals surface area contributed by atoms with Crippen LogP contribution < -0.4 is 5.73 Å². The number of thioether (sulfide) groups is 1. The molecule has 0 aliphatic heterocycles. The predicted octanol–water partition coefficient (Wildman–Crippen LogP) is 1.79. The highest BCUT2D eigenvalue weighted by Crippen LogP contribution is 2.20. The molecule has 0 aromatic heterocycles. The van der Waals surface area contributed by atoms with Gasteiger partial charge in [-0.1, -0.05) is 12.1 Å². The minimum Gasteiger partial charge on any atom is -0.391 e. The molecular weight excluding hydrogens is 182 g/mol. The molecule has 0 fully saturated rings. The second-order valence-electron chi connectivity index (χ2n) is 3.04. The average Bonchev–Trinajstić information content (AvgIpc) is 2.16. The van der Waals surface area contributed by atoms with Crippen molar-refractivity contribution in [3.8, 4) is 0 Å². The standard InChI is InChI=1S/C10H15NOS/c1-7(12)10(11)8-4-3-5-9(6-8)13-2/h3-7,10,12H,11H2,1-2H3/t7-,10+/m0/s1.